The van der Waals surface area contributed by atoms with Crippen LogP contribution in [0.1, 0.15) is 57.9 Å². The van der Waals surface area contributed by atoms with Gasteiger partial charge in [-0.15, -0.1) is 0 Å². The highest BCUT2D eigenvalue weighted by molar-refractivity contribution is 5.22. The second kappa shape index (κ2) is 8.26. The van der Waals surface area contributed by atoms with Crippen molar-refractivity contribution in [1.29, 1.82) is 0 Å². The van der Waals surface area contributed by atoms with Gasteiger partial charge in [0.05, 0.1) is 12.9 Å². The number of hydrogen-bond acceptors (Lipinski definition) is 2. The zero-order chi connectivity index (χ0) is 11.6. The molecule has 92 valence electrons. The predicted octanol–water partition coefficient (Wildman–Crippen LogP) is 4.58. The Kier molecular flexibility index (Phi) is 6.78. The lowest BCUT2D eigenvalue weighted by Gasteiger charge is -2.05. The molecule has 0 aliphatic rings. The Balaban J connectivity index is 2.22. The van der Waals surface area contributed by atoms with Gasteiger partial charge in [-0.3, -0.25) is 0 Å². The summed E-state index contributed by atoms with van der Waals surface area (Å²) in [7, 11) is 0. The second-order valence-electron chi connectivity index (χ2n) is 4.25. The molecule has 0 atom stereocenters. The third-order valence-corrected chi connectivity index (χ3v) is 2.74. The largest absolute Gasteiger partial charge is 0.465 e. The van der Waals surface area contributed by atoms with E-state index in [1.807, 2.05) is 6.07 Å². The van der Waals surface area contributed by atoms with Gasteiger partial charge in [-0.1, -0.05) is 39.5 Å². The first kappa shape index (κ1) is 13.1. The number of rotatable bonds is 9. The molecule has 0 saturated heterocycles. The van der Waals surface area contributed by atoms with Gasteiger partial charge < -0.3 is 9.15 Å². The molecule has 0 aliphatic carbocycles. The molecule has 0 aliphatic heterocycles. The molecule has 0 amide bonds. The minimum atomic E-state index is 0.741. The molecule has 0 aromatic carbocycles. The number of ether oxygens (including phenoxy) is 1. The molecular weight excluding hydrogens is 200 g/mol. The maximum Gasteiger partial charge on any atom is 0.287 e. The average Bonchev–Trinajstić information content (AvgIpc) is 2.74. The maximum absolute atomic E-state index is 5.65. The molecule has 0 saturated carbocycles. The van der Waals surface area contributed by atoms with E-state index in [0.29, 0.717) is 0 Å². The summed E-state index contributed by atoms with van der Waals surface area (Å²) >= 11 is 0. The Morgan fingerprint density at radius 2 is 1.88 bits per heavy atom. The molecule has 1 aromatic rings. The van der Waals surface area contributed by atoms with Crippen molar-refractivity contribution in [2.45, 2.75) is 58.8 Å². The van der Waals surface area contributed by atoms with E-state index in [2.05, 4.69) is 13.8 Å². The zero-order valence-electron chi connectivity index (χ0n) is 10.6. The summed E-state index contributed by atoms with van der Waals surface area (Å²) in [4.78, 5) is 0. The molecule has 0 bridgehead atoms. The lowest BCUT2D eigenvalue weighted by Crippen LogP contribution is -1.98. The molecule has 2 nitrogen and oxygen atoms in total. The molecule has 1 heterocycles. The van der Waals surface area contributed by atoms with E-state index in [-0.39, 0.29) is 0 Å². The van der Waals surface area contributed by atoms with Crippen LogP contribution in [0.15, 0.2) is 16.7 Å². The van der Waals surface area contributed by atoms with E-state index < -0.39 is 0 Å². The van der Waals surface area contributed by atoms with Crippen molar-refractivity contribution in [2.24, 2.45) is 0 Å². The van der Waals surface area contributed by atoms with Gasteiger partial charge in [-0.25, -0.2) is 0 Å². The van der Waals surface area contributed by atoms with Crippen LogP contribution in [0.2, 0.25) is 0 Å². The molecule has 2 heteroatoms. The van der Waals surface area contributed by atoms with Crippen LogP contribution >= 0.6 is 0 Å². The number of unbranched alkanes of at least 4 members (excludes halogenated alkanes) is 4. The summed E-state index contributed by atoms with van der Waals surface area (Å²) in [6.07, 6.45) is 10.1. The van der Waals surface area contributed by atoms with E-state index in [4.69, 9.17) is 9.15 Å². The van der Waals surface area contributed by atoms with Crippen LogP contribution in [0.3, 0.4) is 0 Å². The first-order valence-electron chi connectivity index (χ1n) is 6.57. The smallest absolute Gasteiger partial charge is 0.287 e. The molecule has 0 unspecified atom stereocenters. The summed E-state index contributed by atoms with van der Waals surface area (Å²) in [6.45, 7) is 5.20. The molecule has 1 aromatic heterocycles. The quantitative estimate of drug-likeness (QED) is 0.573. The van der Waals surface area contributed by atoms with Crippen LogP contribution < -0.4 is 4.74 Å². The third-order valence-electron chi connectivity index (χ3n) is 2.74. The van der Waals surface area contributed by atoms with Crippen LogP contribution in [0.25, 0.3) is 0 Å². The monoisotopic (exact) mass is 224 g/mol. The summed E-state index contributed by atoms with van der Waals surface area (Å²) in [5, 5.41) is 0. The zero-order valence-corrected chi connectivity index (χ0v) is 10.6. The van der Waals surface area contributed by atoms with Crippen molar-refractivity contribution >= 4 is 0 Å². The van der Waals surface area contributed by atoms with Gasteiger partial charge in [0, 0.05) is 5.56 Å². The molecular formula is C14H24O2. The maximum atomic E-state index is 5.65. The average molecular weight is 224 g/mol. The van der Waals surface area contributed by atoms with E-state index in [0.717, 1.165) is 25.4 Å². The lowest BCUT2D eigenvalue weighted by molar-refractivity contribution is 0.233. The van der Waals surface area contributed by atoms with Gasteiger partial charge in [0.15, 0.2) is 0 Å². The Hall–Kier alpha value is -0.920. The third kappa shape index (κ3) is 4.73. The van der Waals surface area contributed by atoms with Crippen LogP contribution in [0.5, 0.6) is 5.95 Å². The number of hydrogen-bond donors (Lipinski definition) is 0. The van der Waals surface area contributed by atoms with E-state index in [1.165, 1.54) is 37.7 Å². The molecule has 0 radical (unpaired) electrons. The second-order valence-corrected chi connectivity index (χ2v) is 4.25. The fourth-order valence-corrected chi connectivity index (χ4v) is 1.69. The van der Waals surface area contributed by atoms with Gasteiger partial charge in [0.25, 0.3) is 5.95 Å². The van der Waals surface area contributed by atoms with Crippen LogP contribution in [0.4, 0.5) is 0 Å². The highest BCUT2D eigenvalue weighted by atomic mass is 16.6. The summed E-state index contributed by atoms with van der Waals surface area (Å²) in [5.41, 5.74) is 1.22. The summed E-state index contributed by atoms with van der Waals surface area (Å²) < 4.78 is 11.0. The first-order chi connectivity index (χ1) is 7.88. The lowest BCUT2D eigenvalue weighted by atomic mass is 10.1. The molecule has 0 spiro atoms. The molecule has 16 heavy (non-hydrogen) atoms. The highest BCUT2D eigenvalue weighted by Gasteiger charge is 2.06. The minimum Gasteiger partial charge on any atom is -0.465 e. The van der Waals surface area contributed by atoms with Crippen molar-refractivity contribution in [3.8, 4) is 5.95 Å². The van der Waals surface area contributed by atoms with Gasteiger partial charge in [-0.05, 0) is 25.3 Å². The van der Waals surface area contributed by atoms with Crippen LogP contribution in [0, 0.1) is 0 Å². The van der Waals surface area contributed by atoms with Crippen molar-refractivity contribution in [2.75, 3.05) is 6.61 Å². The van der Waals surface area contributed by atoms with E-state index in [9.17, 15) is 0 Å². The van der Waals surface area contributed by atoms with Crippen LogP contribution in [-0.4, -0.2) is 6.61 Å². The van der Waals surface area contributed by atoms with Crippen molar-refractivity contribution in [3.05, 3.63) is 17.9 Å². The Bertz CT molecular complexity index is 265. The van der Waals surface area contributed by atoms with E-state index in [1.54, 1.807) is 6.26 Å². The van der Waals surface area contributed by atoms with Gasteiger partial charge in [0.2, 0.25) is 0 Å². The Labute approximate surface area is 99.0 Å². The minimum absolute atomic E-state index is 0.741. The predicted molar refractivity (Wildman–Crippen MR) is 67.0 cm³/mol. The fourth-order valence-electron chi connectivity index (χ4n) is 1.69. The van der Waals surface area contributed by atoms with Crippen molar-refractivity contribution in [1.82, 2.24) is 0 Å². The SMILES string of the molecule is CCCCCCOc1occc1CCCC. The Morgan fingerprint density at radius 3 is 2.62 bits per heavy atom. The summed E-state index contributed by atoms with van der Waals surface area (Å²) in [5.74, 6) is 0.741. The number of furan rings is 1. The summed E-state index contributed by atoms with van der Waals surface area (Å²) in [6, 6.07) is 2.02. The molecule has 0 N–H and O–H groups in total. The highest BCUT2D eigenvalue weighted by Crippen LogP contribution is 2.22. The van der Waals surface area contributed by atoms with Gasteiger partial charge >= 0.3 is 0 Å². The number of aryl methyl sites for hydroxylation is 1. The van der Waals surface area contributed by atoms with Crippen LogP contribution in [-0.2, 0) is 6.42 Å². The fraction of sp³-hybridized carbons (Fsp3) is 0.714. The first-order valence-corrected chi connectivity index (χ1v) is 6.57. The van der Waals surface area contributed by atoms with Gasteiger partial charge in [0.1, 0.15) is 0 Å². The molecule has 1 rings (SSSR count). The van der Waals surface area contributed by atoms with Crippen molar-refractivity contribution < 1.29 is 9.15 Å². The topological polar surface area (TPSA) is 22.4 Å². The van der Waals surface area contributed by atoms with E-state index >= 15 is 0 Å². The Morgan fingerprint density at radius 1 is 1.06 bits per heavy atom. The normalized spacial score (nSPS) is 10.6. The molecule has 0 fully saturated rings. The van der Waals surface area contributed by atoms with Crippen molar-refractivity contribution in [3.63, 3.8) is 0 Å². The standard InChI is InChI=1S/C14H24O2/c1-3-5-7-8-11-15-14-13(9-6-4-2)10-12-16-14/h10,12H,3-9,11H2,1-2H3. The van der Waals surface area contributed by atoms with Gasteiger partial charge in [-0.2, -0.15) is 0 Å².